The number of aromatic nitrogens is 4. The van der Waals surface area contributed by atoms with Gasteiger partial charge in [0.1, 0.15) is 6.04 Å². The van der Waals surface area contributed by atoms with E-state index in [1.807, 2.05) is 78.9 Å². The molecule has 6 rings (SSSR count). The van der Waals surface area contributed by atoms with Gasteiger partial charge in [0.05, 0.1) is 18.5 Å². The van der Waals surface area contributed by atoms with Crippen LogP contribution in [0, 0.1) is 0 Å². The number of benzene rings is 3. The van der Waals surface area contributed by atoms with E-state index in [0.29, 0.717) is 18.7 Å². The van der Waals surface area contributed by atoms with E-state index in [2.05, 4.69) is 36.0 Å². The SMILES string of the molecule is O=C(NCc1ccc(-c2ccccc2-c2nn[nH]n2)cc1)C(COCc1ccccc1)NS(=O)(=O)C1CC2CCC(C1)N2. The predicted molar refractivity (Wildman–Crippen MR) is 162 cm³/mol. The highest BCUT2D eigenvalue weighted by Gasteiger charge is 2.41. The molecule has 0 radical (unpaired) electrons. The van der Waals surface area contributed by atoms with Crippen LogP contribution in [0.4, 0.5) is 0 Å². The highest BCUT2D eigenvalue weighted by atomic mass is 32.2. The fraction of sp³-hybridized carbons (Fsp3) is 0.355. The number of piperidine rings is 1. The molecule has 12 heteroatoms. The van der Waals surface area contributed by atoms with Crippen molar-refractivity contribution in [1.82, 2.24) is 36.0 Å². The zero-order chi connectivity index (χ0) is 29.6. The van der Waals surface area contributed by atoms with Crippen molar-refractivity contribution >= 4 is 15.9 Å². The first-order chi connectivity index (χ1) is 20.9. The molecule has 3 atom stereocenters. The number of fused-ring (bicyclic) bond motifs is 2. The van der Waals surface area contributed by atoms with Crippen molar-refractivity contribution < 1.29 is 17.9 Å². The van der Waals surface area contributed by atoms with Crippen LogP contribution in [0.3, 0.4) is 0 Å². The van der Waals surface area contributed by atoms with Crippen LogP contribution in [0.25, 0.3) is 22.5 Å². The Morgan fingerprint density at radius 3 is 2.30 bits per heavy atom. The van der Waals surface area contributed by atoms with E-state index >= 15 is 0 Å². The smallest absolute Gasteiger partial charge is 0.240 e. The molecule has 43 heavy (non-hydrogen) atoms. The lowest BCUT2D eigenvalue weighted by molar-refractivity contribution is -0.124. The number of carbonyl (C=O) groups excluding carboxylic acids is 1. The number of amides is 1. The van der Waals surface area contributed by atoms with Crippen LogP contribution in [-0.2, 0) is 32.7 Å². The van der Waals surface area contributed by atoms with E-state index in [1.54, 1.807) is 0 Å². The van der Waals surface area contributed by atoms with E-state index in [4.69, 9.17) is 4.74 Å². The molecule has 11 nitrogen and oxygen atoms in total. The van der Waals surface area contributed by atoms with Gasteiger partial charge in [0.25, 0.3) is 0 Å². The molecule has 3 aromatic carbocycles. The van der Waals surface area contributed by atoms with Gasteiger partial charge in [-0.2, -0.15) is 5.21 Å². The standard InChI is InChI=1S/C31H35N7O4S/c39-31(32-18-21-10-12-23(13-11-21)27-8-4-5-9-28(27)30-34-37-38-35-30)29(20-42-19-22-6-2-1-3-7-22)36-43(40,41)26-16-24-14-15-25(17-26)33-24/h1-13,24-26,29,33,36H,14-20H2,(H,32,39)(H,34,35,37,38). The van der Waals surface area contributed by atoms with Gasteiger partial charge >= 0.3 is 0 Å². The zero-order valence-corrected chi connectivity index (χ0v) is 24.5. The maximum Gasteiger partial charge on any atom is 0.240 e. The summed E-state index contributed by atoms with van der Waals surface area (Å²) in [6, 6.07) is 24.5. The molecule has 3 heterocycles. The van der Waals surface area contributed by atoms with Gasteiger partial charge in [-0.25, -0.2) is 13.1 Å². The monoisotopic (exact) mass is 601 g/mol. The highest BCUT2D eigenvalue weighted by Crippen LogP contribution is 2.31. The third-order valence-corrected chi connectivity index (χ3v) is 10.0. The number of aromatic amines is 1. The minimum absolute atomic E-state index is 0.0798. The molecule has 0 spiro atoms. The maximum absolute atomic E-state index is 13.4. The molecule has 1 amide bonds. The molecule has 0 saturated carbocycles. The second-order valence-electron chi connectivity index (χ2n) is 11.1. The number of carbonyl (C=O) groups is 1. The van der Waals surface area contributed by atoms with Crippen molar-refractivity contribution in [3.8, 4) is 22.5 Å². The molecule has 1 aromatic heterocycles. The summed E-state index contributed by atoms with van der Waals surface area (Å²) in [7, 11) is -3.74. The normalized spacial score (nSPS) is 20.5. The van der Waals surface area contributed by atoms with E-state index in [9.17, 15) is 13.2 Å². The number of H-pyrrole nitrogens is 1. The number of tetrazole rings is 1. The molecule has 4 N–H and O–H groups in total. The molecule has 2 saturated heterocycles. The van der Waals surface area contributed by atoms with Crippen LogP contribution in [0.1, 0.15) is 36.8 Å². The van der Waals surface area contributed by atoms with E-state index < -0.39 is 27.2 Å². The molecule has 2 aliphatic heterocycles. The van der Waals surface area contributed by atoms with Gasteiger partial charge < -0.3 is 15.4 Å². The van der Waals surface area contributed by atoms with Crippen molar-refractivity contribution in [3.05, 3.63) is 90.0 Å². The lowest BCUT2D eigenvalue weighted by Crippen LogP contribution is -2.54. The van der Waals surface area contributed by atoms with Gasteiger partial charge in [0.2, 0.25) is 21.8 Å². The predicted octanol–water partition coefficient (Wildman–Crippen LogP) is 2.94. The average molecular weight is 602 g/mol. The Hall–Kier alpha value is -3.97. The van der Waals surface area contributed by atoms with Crippen molar-refractivity contribution in [2.24, 2.45) is 0 Å². The minimum Gasteiger partial charge on any atom is -0.375 e. The van der Waals surface area contributed by atoms with Gasteiger partial charge in [0, 0.05) is 24.2 Å². The summed E-state index contributed by atoms with van der Waals surface area (Å²) in [5.41, 5.74) is 4.59. The van der Waals surface area contributed by atoms with Crippen LogP contribution in [0.5, 0.6) is 0 Å². The summed E-state index contributed by atoms with van der Waals surface area (Å²) in [5.74, 6) is 0.0760. The Kier molecular flexibility index (Phi) is 8.89. The Balaban J connectivity index is 1.11. The topological polar surface area (TPSA) is 151 Å². The zero-order valence-electron chi connectivity index (χ0n) is 23.6. The Morgan fingerprint density at radius 1 is 0.907 bits per heavy atom. The average Bonchev–Trinajstić information content (AvgIpc) is 3.69. The molecule has 0 aliphatic carbocycles. The van der Waals surface area contributed by atoms with E-state index in [-0.39, 0.29) is 31.8 Å². The number of nitrogens with zero attached hydrogens (tertiary/aromatic N) is 3. The summed E-state index contributed by atoms with van der Waals surface area (Å²) in [5, 5.41) is 20.2. The second-order valence-corrected chi connectivity index (χ2v) is 13.1. The van der Waals surface area contributed by atoms with Gasteiger partial charge in [-0.1, -0.05) is 78.9 Å². The Bertz CT molecular complexity index is 1600. The third kappa shape index (κ3) is 7.16. The van der Waals surface area contributed by atoms with Gasteiger partial charge in [-0.05, 0) is 53.2 Å². The largest absolute Gasteiger partial charge is 0.375 e. The quantitative estimate of drug-likeness (QED) is 0.194. The van der Waals surface area contributed by atoms with Crippen molar-refractivity contribution in [1.29, 1.82) is 0 Å². The maximum atomic E-state index is 13.4. The second kappa shape index (κ2) is 13.1. The number of sulfonamides is 1. The van der Waals surface area contributed by atoms with Crippen LogP contribution < -0.4 is 15.4 Å². The molecule has 2 bridgehead atoms. The molecular formula is C31H35N7O4S. The van der Waals surface area contributed by atoms with E-state index in [1.165, 1.54) is 0 Å². The lowest BCUT2D eigenvalue weighted by Gasteiger charge is -2.30. The minimum atomic E-state index is -3.74. The molecule has 224 valence electrons. The van der Waals surface area contributed by atoms with Gasteiger partial charge in [0.15, 0.2) is 0 Å². The first kappa shape index (κ1) is 29.1. The molecule has 2 fully saturated rings. The summed E-state index contributed by atoms with van der Waals surface area (Å²) < 4.78 is 35.4. The first-order valence-corrected chi connectivity index (χ1v) is 16.1. The number of rotatable bonds is 12. The fourth-order valence-corrected chi connectivity index (χ4v) is 7.64. The molecule has 3 unspecified atom stereocenters. The lowest BCUT2D eigenvalue weighted by atomic mass is 9.98. The molecular weight excluding hydrogens is 566 g/mol. The fourth-order valence-electron chi connectivity index (χ4n) is 5.91. The third-order valence-electron chi connectivity index (χ3n) is 8.13. The van der Waals surface area contributed by atoms with Gasteiger partial charge in [-0.15, -0.1) is 10.2 Å². The molecule has 4 aromatic rings. The summed E-state index contributed by atoms with van der Waals surface area (Å²) in [6.07, 6.45) is 3.07. The van der Waals surface area contributed by atoms with Gasteiger partial charge in [-0.3, -0.25) is 4.79 Å². The van der Waals surface area contributed by atoms with Crippen LogP contribution in [0.2, 0.25) is 0 Å². The van der Waals surface area contributed by atoms with Crippen molar-refractivity contribution in [2.45, 2.75) is 62.2 Å². The number of hydrogen-bond donors (Lipinski definition) is 4. The summed E-state index contributed by atoms with van der Waals surface area (Å²) in [6.45, 7) is 0.431. The number of ether oxygens (including phenoxy) is 1. The number of hydrogen-bond acceptors (Lipinski definition) is 8. The van der Waals surface area contributed by atoms with Crippen molar-refractivity contribution in [3.63, 3.8) is 0 Å². The first-order valence-electron chi connectivity index (χ1n) is 14.5. The number of nitrogens with one attached hydrogen (secondary N) is 4. The molecule has 2 aliphatic rings. The Morgan fingerprint density at radius 2 is 1.60 bits per heavy atom. The van der Waals surface area contributed by atoms with Crippen LogP contribution >= 0.6 is 0 Å². The Labute approximate surface area is 250 Å². The summed E-state index contributed by atoms with van der Waals surface area (Å²) in [4.78, 5) is 13.4. The van der Waals surface area contributed by atoms with Crippen LogP contribution in [-0.4, -0.2) is 64.9 Å². The van der Waals surface area contributed by atoms with Crippen molar-refractivity contribution in [2.75, 3.05) is 6.61 Å². The summed E-state index contributed by atoms with van der Waals surface area (Å²) >= 11 is 0. The van der Waals surface area contributed by atoms with Crippen LogP contribution in [0.15, 0.2) is 78.9 Å². The highest BCUT2D eigenvalue weighted by molar-refractivity contribution is 7.90. The van der Waals surface area contributed by atoms with E-state index in [0.717, 1.165) is 40.7 Å².